The molecule has 0 N–H and O–H groups in total. The van der Waals surface area contributed by atoms with Gasteiger partial charge in [0.15, 0.2) is 11.6 Å². The van der Waals surface area contributed by atoms with Gasteiger partial charge in [0.05, 0.1) is 0 Å². The maximum Gasteiger partial charge on any atom is 0.152 e. The Hall–Kier alpha value is -1.96. The molecule has 0 aliphatic heterocycles. The fourth-order valence-corrected chi connectivity index (χ4v) is 1.45. The van der Waals surface area contributed by atoms with E-state index < -0.39 is 0 Å². The topological polar surface area (TPSA) is 34.1 Å². The lowest BCUT2D eigenvalue weighted by Gasteiger charge is -2.04. The lowest BCUT2D eigenvalue weighted by Crippen LogP contribution is -1.88. The van der Waals surface area contributed by atoms with Crippen LogP contribution in [0.15, 0.2) is 30.4 Å². The number of benzene rings is 1. The van der Waals surface area contributed by atoms with E-state index in [1.165, 1.54) is 13.8 Å². The van der Waals surface area contributed by atoms with Crippen LogP contribution in [0.3, 0.4) is 0 Å². The average Bonchev–Trinajstić information content (AvgIpc) is 2.25. The number of allylic oxidation sites excluding steroid dienone is 2. The summed E-state index contributed by atoms with van der Waals surface area (Å²) in [6.45, 7) is 5.01. The van der Waals surface area contributed by atoms with Crippen LogP contribution in [-0.4, -0.2) is 11.6 Å². The Morgan fingerprint density at radius 3 is 1.71 bits per heavy atom. The van der Waals surface area contributed by atoms with Gasteiger partial charge in [0, 0.05) is 0 Å². The van der Waals surface area contributed by atoms with Crippen molar-refractivity contribution >= 4 is 23.7 Å². The molecule has 0 aromatic heterocycles. The summed E-state index contributed by atoms with van der Waals surface area (Å²) in [5, 5.41) is 0. The molecular formula is C15H16O2. The van der Waals surface area contributed by atoms with Gasteiger partial charge in [0.1, 0.15) is 0 Å². The van der Waals surface area contributed by atoms with Gasteiger partial charge in [0.2, 0.25) is 0 Å². The van der Waals surface area contributed by atoms with Gasteiger partial charge in [-0.05, 0) is 49.6 Å². The number of ketones is 2. The second kappa shape index (κ2) is 5.94. The second-order valence-electron chi connectivity index (χ2n) is 3.95. The van der Waals surface area contributed by atoms with E-state index in [-0.39, 0.29) is 11.6 Å². The van der Waals surface area contributed by atoms with Gasteiger partial charge in [-0.15, -0.1) is 0 Å². The molecule has 0 fully saturated rings. The minimum Gasteiger partial charge on any atom is -0.295 e. The lowest BCUT2D eigenvalue weighted by molar-refractivity contribution is -0.113. The van der Waals surface area contributed by atoms with Crippen molar-refractivity contribution < 1.29 is 9.59 Å². The summed E-state index contributed by atoms with van der Waals surface area (Å²) >= 11 is 0. The Morgan fingerprint density at radius 1 is 0.941 bits per heavy atom. The Morgan fingerprint density at radius 2 is 1.35 bits per heavy atom. The van der Waals surface area contributed by atoms with Crippen LogP contribution in [0, 0.1) is 6.92 Å². The fraction of sp³-hybridized carbons (Fsp3) is 0.200. The monoisotopic (exact) mass is 228 g/mol. The number of hydrogen-bond donors (Lipinski definition) is 0. The zero-order chi connectivity index (χ0) is 12.8. The van der Waals surface area contributed by atoms with Crippen molar-refractivity contribution in [2.45, 2.75) is 20.8 Å². The highest BCUT2D eigenvalue weighted by atomic mass is 16.1. The van der Waals surface area contributed by atoms with Gasteiger partial charge in [-0.3, -0.25) is 9.59 Å². The third-order valence-electron chi connectivity index (χ3n) is 2.41. The van der Waals surface area contributed by atoms with Crippen molar-refractivity contribution in [2.75, 3.05) is 0 Å². The summed E-state index contributed by atoms with van der Waals surface area (Å²) in [6.07, 6.45) is 6.67. The number of carbonyl (C=O) groups excluding carboxylic acids is 2. The molecule has 0 radical (unpaired) electrons. The van der Waals surface area contributed by atoms with Gasteiger partial charge in [-0.2, -0.15) is 0 Å². The number of hydrogen-bond acceptors (Lipinski definition) is 2. The summed E-state index contributed by atoms with van der Waals surface area (Å²) < 4.78 is 0. The number of carbonyl (C=O) groups is 2. The maximum atomic E-state index is 10.9. The molecular weight excluding hydrogens is 212 g/mol. The predicted molar refractivity (Wildman–Crippen MR) is 70.6 cm³/mol. The highest BCUT2D eigenvalue weighted by Crippen LogP contribution is 2.16. The predicted octanol–water partition coefficient (Wildman–Crippen LogP) is 3.20. The van der Waals surface area contributed by atoms with Gasteiger partial charge in [0.25, 0.3) is 0 Å². The molecule has 0 aliphatic rings. The molecule has 2 nitrogen and oxygen atoms in total. The first-order valence-corrected chi connectivity index (χ1v) is 5.47. The summed E-state index contributed by atoms with van der Waals surface area (Å²) in [5.41, 5.74) is 3.04. The molecule has 2 heteroatoms. The molecule has 0 amide bonds. The zero-order valence-corrected chi connectivity index (χ0v) is 10.4. The quantitative estimate of drug-likeness (QED) is 0.741. The van der Waals surface area contributed by atoms with E-state index in [9.17, 15) is 9.59 Å². The van der Waals surface area contributed by atoms with E-state index in [4.69, 9.17) is 0 Å². The Bertz CT molecular complexity index is 451. The smallest absolute Gasteiger partial charge is 0.152 e. The molecule has 0 saturated carbocycles. The highest BCUT2D eigenvalue weighted by Gasteiger charge is 1.99. The van der Waals surface area contributed by atoms with Crippen LogP contribution < -0.4 is 0 Å². The van der Waals surface area contributed by atoms with Crippen molar-refractivity contribution in [3.8, 4) is 0 Å². The molecule has 1 rings (SSSR count). The minimum absolute atomic E-state index is 0.0223. The number of rotatable bonds is 4. The summed E-state index contributed by atoms with van der Waals surface area (Å²) in [6, 6.07) is 5.80. The van der Waals surface area contributed by atoms with Crippen molar-refractivity contribution in [3.05, 3.63) is 47.0 Å². The van der Waals surface area contributed by atoms with Crippen LogP contribution in [0.5, 0.6) is 0 Å². The molecule has 1 aromatic rings. The first-order valence-electron chi connectivity index (χ1n) is 5.47. The van der Waals surface area contributed by atoms with E-state index in [0.29, 0.717) is 0 Å². The normalized spacial score (nSPS) is 11.2. The van der Waals surface area contributed by atoms with Crippen LogP contribution in [0.4, 0.5) is 0 Å². The standard InChI is InChI=1S/C15H16O2/c1-11(16)7-9-14-5-4-6-15(13(14)3)10-8-12(2)17/h4-10H,1-3H3/b9-7+,10-8+. The van der Waals surface area contributed by atoms with Crippen molar-refractivity contribution in [1.29, 1.82) is 0 Å². The maximum absolute atomic E-state index is 10.9. The highest BCUT2D eigenvalue weighted by molar-refractivity contribution is 5.93. The molecule has 88 valence electrons. The third-order valence-corrected chi connectivity index (χ3v) is 2.41. The van der Waals surface area contributed by atoms with E-state index in [1.54, 1.807) is 24.3 Å². The lowest BCUT2D eigenvalue weighted by atomic mass is 10.0. The van der Waals surface area contributed by atoms with E-state index in [0.717, 1.165) is 16.7 Å². The van der Waals surface area contributed by atoms with Crippen LogP contribution in [0.1, 0.15) is 30.5 Å². The first kappa shape index (κ1) is 13.1. The second-order valence-corrected chi connectivity index (χ2v) is 3.95. The minimum atomic E-state index is 0.0223. The van der Waals surface area contributed by atoms with Crippen LogP contribution in [-0.2, 0) is 9.59 Å². The van der Waals surface area contributed by atoms with Crippen molar-refractivity contribution in [3.63, 3.8) is 0 Å². The van der Waals surface area contributed by atoms with Crippen LogP contribution >= 0.6 is 0 Å². The molecule has 0 spiro atoms. The van der Waals surface area contributed by atoms with Crippen LogP contribution in [0.25, 0.3) is 12.2 Å². The van der Waals surface area contributed by atoms with Gasteiger partial charge in [-0.1, -0.05) is 30.4 Å². The Balaban J connectivity index is 3.07. The molecule has 17 heavy (non-hydrogen) atoms. The molecule has 0 saturated heterocycles. The van der Waals surface area contributed by atoms with Crippen molar-refractivity contribution in [1.82, 2.24) is 0 Å². The van der Waals surface area contributed by atoms with Gasteiger partial charge >= 0.3 is 0 Å². The Labute approximate surface area is 102 Å². The summed E-state index contributed by atoms with van der Waals surface area (Å²) in [7, 11) is 0. The van der Waals surface area contributed by atoms with E-state index in [2.05, 4.69) is 0 Å². The average molecular weight is 228 g/mol. The SMILES string of the molecule is CC(=O)/C=C/c1cccc(/C=C/C(C)=O)c1C. The van der Waals surface area contributed by atoms with Gasteiger partial charge < -0.3 is 0 Å². The molecule has 0 bridgehead atoms. The molecule has 1 aromatic carbocycles. The molecule has 0 aliphatic carbocycles. The fourth-order valence-electron chi connectivity index (χ4n) is 1.45. The third kappa shape index (κ3) is 4.19. The Kier molecular flexibility index (Phi) is 4.58. The van der Waals surface area contributed by atoms with E-state index in [1.807, 2.05) is 25.1 Å². The molecule has 0 heterocycles. The largest absolute Gasteiger partial charge is 0.295 e. The first-order chi connectivity index (χ1) is 8.00. The van der Waals surface area contributed by atoms with Gasteiger partial charge in [-0.25, -0.2) is 0 Å². The van der Waals surface area contributed by atoms with E-state index >= 15 is 0 Å². The summed E-state index contributed by atoms with van der Waals surface area (Å²) in [5.74, 6) is 0.0446. The zero-order valence-electron chi connectivity index (χ0n) is 10.4. The molecule has 0 atom stereocenters. The molecule has 0 unspecified atom stereocenters. The van der Waals surface area contributed by atoms with Crippen LogP contribution in [0.2, 0.25) is 0 Å². The summed E-state index contributed by atoms with van der Waals surface area (Å²) in [4.78, 5) is 21.8. The van der Waals surface area contributed by atoms with Crippen molar-refractivity contribution in [2.24, 2.45) is 0 Å².